The van der Waals surface area contributed by atoms with Crippen molar-refractivity contribution >= 4 is 27.5 Å². The minimum absolute atomic E-state index is 0.0105. The lowest BCUT2D eigenvalue weighted by Gasteiger charge is -2.35. The lowest BCUT2D eigenvalue weighted by atomic mass is 10.1. The van der Waals surface area contributed by atoms with Crippen molar-refractivity contribution in [2.75, 3.05) is 18.0 Å². The van der Waals surface area contributed by atoms with E-state index >= 15 is 0 Å². The Bertz CT molecular complexity index is 1670. The number of fused-ring (bicyclic) bond motifs is 1. The van der Waals surface area contributed by atoms with E-state index in [2.05, 4.69) is 5.32 Å². The molecule has 4 aromatic carbocycles. The second-order valence-corrected chi connectivity index (χ2v) is 12.3. The summed E-state index contributed by atoms with van der Waals surface area (Å²) in [5, 5.41) is 2.88. The largest absolute Gasteiger partial charge is 0.477 e. The molecule has 9 heteroatoms. The number of hydrogen-bond acceptors (Lipinski definition) is 5. The maximum atomic E-state index is 13.9. The van der Waals surface area contributed by atoms with Gasteiger partial charge in [0.25, 0.3) is 5.91 Å². The van der Waals surface area contributed by atoms with E-state index in [4.69, 9.17) is 4.74 Å². The zero-order chi connectivity index (χ0) is 29.7. The summed E-state index contributed by atoms with van der Waals surface area (Å²) in [6.45, 7) is 3.66. The van der Waals surface area contributed by atoms with E-state index in [1.807, 2.05) is 68.4 Å². The lowest BCUT2D eigenvalue weighted by Crippen LogP contribution is -2.52. The summed E-state index contributed by atoms with van der Waals surface area (Å²) in [5.74, 6) is -0.450. The molecule has 0 aliphatic carbocycles. The number of nitrogens with zero attached hydrogens (tertiary/aromatic N) is 2. The topological polar surface area (TPSA) is 96.0 Å². The van der Waals surface area contributed by atoms with Crippen LogP contribution in [0, 0.1) is 13.8 Å². The number of rotatable bonds is 9. The van der Waals surface area contributed by atoms with Crippen LogP contribution in [-0.2, 0) is 32.7 Å². The van der Waals surface area contributed by atoms with Crippen molar-refractivity contribution in [3.8, 4) is 5.75 Å². The minimum atomic E-state index is -4.03. The molecule has 0 fully saturated rings. The van der Waals surface area contributed by atoms with E-state index in [-0.39, 0.29) is 23.9 Å². The summed E-state index contributed by atoms with van der Waals surface area (Å²) in [7, 11) is -4.03. The predicted molar refractivity (Wildman–Crippen MR) is 161 cm³/mol. The number of amides is 2. The van der Waals surface area contributed by atoms with Crippen molar-refractivity contribution in [3.05, 3.63) is 125 Å². The van der Waals surface area contributed by atoms with Crippen LogP contribution in [0.4, 0.5) is 5.69 Å². The first-order valence-corrected chi connectivity index (χ1v) is 15.1. The third-order valence-corrected chi connectivity index (χ3v) is 8.89. The van der Waals surface area contributed by atoms with E-state index in [0.717, 1.165) is 22.3 Å². The van der Waals surface area contributed by atoms with Gasteiger partial charge in [0.05, 0.1) is 23.7 Å². The van der Waals surface area contributed by atoms with Gasteiger partial charge in [-0.1, -0.05) is 90.0 Å². The SMILES string of the molecule is Cc1ccc(S(=O)(=O)N(CC(=O)N2C[C@H](C(=O)NCc3ccccc3)Oc3ccccc32)Cc2cccc(C)c2)cc1. The van der Waals surface area contributed by atoms with Gasteiger partial charge < -0.3 is 15.0 Å². The molecule has 8 nitrogen and oxygen atoms in total. The Morgan fingerprint density at radius 3 is 2.29 bits per heavy atom. The molecule has 1 heterocycles. The molecule has 0 bridgehead atoms. The summed E-state index contributed by atoms with van der Waals surface area (Å²) < 4.78 is 34.9. The van der Waals surface area contributed by atoms with Crippen LogP contribution in [0.2, 0.25) is 0 Å². The molecule has 0 saturated heterocycles. The standard InChI is InChI=1S/C33H33N3O5S/c1-24-15-17-28(18-16-24)42(39,40)35(21-27-12-8-9-25(2)19-27)23-32(37)36-22-31(41-30-14-7-6-13-29(30)36)33(38)34-20-26-10-4-3-5-11-26/h3-19,31H,20-23H2,1-2H3,(H,34,38)/t31-/m1/s1. The first kappa shape index (κ1) is 29.0. The highest BCUT2D eigenvalue weighted by atomic mass is 32.2. The van der Waals surface area contributed by atoms with Gasteiger partial charge in [-0.2, -0.15) is 4.31 Å². The average molecular weight is 584 g/mol. The number of ether oxygens (including phenoxy) is 1. The van der Waals surface area contributed by atoms with Gasteiger partial charge in [-0.15, -0.1) is 0 Å². The molecular formula is C33H33N3O5S. The minimum Gasteiger partial charge on any atom is -0.477 e. The van der Waals surface area contributed by atoms with E-state index in [1.165, 1.54) is 9.21 Å². The number of hydrogen-bond donors (Lipinski definition) is 1. The Kier molecular flexibility index (Phi) is 8.70. The van der Waals surface area contributed by atoms with E-state index in [1.54, 1.807) is 48.5 Å². The number of nitrogens with one attached hydrogen (secondary N) is 1. The molecule has 0 spiro atoms. The molecule has 42 heavy (non-hydrogen) atoms. The molecule has 4 aromatic rings. The fraction of sp³-hybridized carbons (Fsp3) is 0.212. The van der Waals surface area contributed by atoms with Gasteiger partial charge in [-0.05, 0) is 49.2 Å². The molecule has 5 rings (SSSR count). The molecule has 0 aromatic heterocycles. The normalized spacial score (nSPS) is 14.6. The smallest absolute Gasteiger partial charge is 0.263 e. The maximum Gasteiger partial charge on any atom is 0.263 e. The van der Waals surface area contributed by atoms with Crippen molar-refractivity contribution in [2.24, 2.45) is 0 Å². The van der Waals surface area contributed by atoms with Crippen molar-refractivity contribution in [1.82, 2.24) is 9.62 Å². The highest BCUT2D eigenvalue weighted by Crippen LogP contribution is 2.33. The Morgan fingerprint density at radius 1 is 0.857 bits per heavy atom. The first-order chi connectivity index (χ1) is 20.2. The number of carbonyl (C=O) groups is 2. The summed E-state index contributed by atoms with van der Waals surface area (Å²) in [4.78, 5) is 28.6. The van der Waals surface area contributed by atoms with Crippen LogP contribution in [0.15, 0.2) is 108 Å². The van der Waals surface area contributed by atoms with Gasteiger partial charge in [-0.25, -0.2) is 8.42 Å². The number of benzene rings is 4. The van der Waals surface area contributed by atoms with Crippen molar-refractivity contribution in [3.63, 3.8) is 0 Å². The highest BCUT2D eigenvalue weighted by molar-refractivity contribution is 7.89. The molecule has 1 aliphatic heterocycles. The Hall–Kier alpha value is -4.47. The molecule has 0 radical (unpaired) electrons. The van der Waals surface area contributed by atoms with Crippen LogP contribution in [0.5, 0.6) is 5.75 Å². The molecular weight excluding hydrogens is 550 g/mol. The third kappa shape index (κ3) is 6.70. The van der Waals surface area contributed by atoms with Gasteiger partial charge in [0.15, 0.2) is 6.10 Å². The molecule has 216 valence electrons. The first-order valence-electron chi connectivity index (χ1n) is 13.7. The number of anilines is 1. The van der Waals surface area contributed by atoms with Gasteiger partial charge in [0.1, 0.15) is 5.75 Å². The quantitative estimate of drug-likeness (QED) is 0.311. The molecule has 0 unspecified atom stereocenters. The fourth-order valence-corrected chi connectivity index (χ4v) is 6.22. The van der Waals surface area contributed by atoms with Crippen molar-refractivity contribution in [2.45, 2.75) is 37.9 Å². The fourth-order valence-electron chi connectivity index (χ4n) is 4.84. The van der Waals surface area contributed by atoms with Crippen LogP contribution in [0.1, 0.15) is 22.3 Å². The summed E-state index contributed by atoms with van der Waals surface area (Å²) >= 11 is 0. The van der Waals surface area contributed by atoms with Crippen LogP contribution in [-0.4, -0.2) is 43.7 Å². The van der Waals surface area contributed by atoms with Gasteiger partial charge in [0.2, 0.25) is 15.9 Å². The van der Waals surface area contributed by atoms with Crippen LogP contribution < -0.4 is 15.0 Å². The molecule has 0 saturated carbocycles. The number of para-hydroxylation sites is 2. The third-order valence-electron chi connectivity index (χ3n) is 7.09. The van der Waals surface area contributed by atoms with E-state index in [0.29, 0.717) is 18.0 Å². The van der Waals surface area contributed by atoms with Crippen molar-refractivity contribution in [1.29, 1.82) is 0 Å². The zero-order valence-corrected chi connectivity index (χ0v) is 24.4. The van der Waals surface area contributed by atoms with Crippen LogP contribution >= 0.6 is 0 Å². The zero-order valence-electron chi connectivity index (χ0n) is 23.6. The Balaban J connectivity index is 1.41. The highest BCUT2D eigenvalue weighted by Gasteiger charge is 2.36. The van der Waals surface area contributed by atoms with Crippen LogP contribution in [0.25, 0.3) is 0 Å². The monoisotopic (exact) mass is 583 g/mol. The molecule has 1 N–H and O–H groups in total. The Morgan fingerprint density at radius 2 is 1.55 bits per heavy atom. The second kappa shape index (κ2) is 12.6. The van der Waals surface area contributed by atoms with Crippen LogP contribution in [0.3, 0.4) is 0 Å². The Labute approximate surface area is 246 Å². The molecule has 1 aliphatic rings. The van der Waals surface area contributed by atoms with Crippen molar-refractivity contribution < 1.29 is 22.7 Å². The van der Waals surface area contributed by atoms with Gasteiger partial charge in [0, 0.05) is 13.1 Å². The number of carbonyl (C=O) groups excluding carboxylic acids is 2. The maximum absolute atomic E-state index is 13.9. The lowest BCUT2D eigenvalue weighted by molar-refractivity contribution is -0.128. The van der Waals surface area contributed by atoms with Gasteiger partial charge in [-0.3, -0.25) is 9.59 Å². The summed E-state index contributed by atoms with van der Waals surface area (Å²) in [6.07, 6.45) is -0.966. The van der Waals surface area contributed by atoms with E-state index in [9.17, 15) is 18.0 Å². The van der Waals surface area contributed by atoms with Gasteiger partial charge >= 0.3 is 0 Å². The molecule has 1 atom stereocenters. The second-order valence-electron chi connectivity index (χ2n) is 10.4. The summed E-state index contributed by atoms with van der Waals surface area (Å²) in [6, 6.07) is 30.6. The summed E-state index contributed by atoms with van der Waals surface area (Å²) in [5.41, 5.74) is 4.09. The van der Waals surface area contributed by atoms with E-state index < -0.39 is 28.6 Å². The number of sulfonamides is 1. The number of aryl methyl sites for hydroxylation is 2. The molecule has 2 amide bonds. The predicted octanol–water partition coefficient (Wildman–Crippen LogP) is 4.60. The average Bonchev–Trinajstić information content (AvgIpc) is 2.99.